The zero-order chi connectivity index (χ0) is 10.7. The standard InChI is InChI=1S/C12H15FO2/c1-14-11-6-7-12(11)15-8-9-4-2-3-5-10(9)13/h2-5,11-12H,6-8H2,1H3. The van der Waals surface area contributed by atoms with E-state index in [0.717, 1.165) is 12.8 Å². The second-order valence-electron chi connectivity index (χ2n) is 3.79. The third-order valence-corrected chi connectivity index (χ3v) is 2.86. The molecule has 0 spiro atoms. The van der Waals surface area contributed by atoms with E-state index in [0.29, 0.717) is 12.2 Å². The fourth-order valence-electron chi connectivity index (χ4n) is 1.71. The molecule has 1 fully saturated rings. The van der Waals surface area contributed by atoms with Crippen LogP contribution in [0.2, 0.25) is 0 Å². The minimum atomic E-state index is -0.203. The number of rotatable bonds is 4. The summed E-state index contributed by atoms with van der Waals surface area (Å²) >= 11 is 0. The molecule has 1 saturated carbocycles. The minimum absolute atomic E-state index is 0.134. The molecule has 15 heavy (non-hydrogen) atoms. The highest BCUT2D eigenvalue weighted by molar-refractivity contribution is 5.16. The first-order valence-electron chi connectivity index (χ1n) is 5.19. The molecule has 0 aliphatic heterocycles. The number of hydrogen-bond donors (Lipinski definition) is 0. The van der Waals surface area contributed by atoms with Gasteiger partial charge in [-0.3, -0.25) is 0 Å². The first-order valence-corrected chi connectivity index (χ1v) is 5.19. The van der Waals surface area contributed by atoms with E-state index in [-0.39, 0.29) is 18.0 Å². The van der Waals surface area contributed by atoms with E-state index >= 15 is 0 Å². The summed E-state index contributed by atoms with van der Waals surface area (Å²) in [4.78, 5) is 0. The summed E-state index contributed by atoms with van der Waals surface area (Å²) in [6.45, 7) is 0.331. The average molecular weight is 210 g/mol. The Morgan fingerprint density at radius 2 is 2.00 bits per heavy atom. The maximum absolute atomic E-state index is 13.2. The van der Waals surface area contributed by atoms with E-state index in [1.54, 1.807) is 19.2 Å². The third-order valence-electron chi connectivity index (χ3n) is 2.86. The molecule has 82 valence electrons. The molecule has 0 heterocycles. The average Bonchev–Trinajstić information content (AvgIpc) is 2.20. The van der Waals surface area contributed by atoms with E-state index in [4.69, 9.17) is 9.47 Å². The van der Waals surface area contributed by atoms with Crippen molar-refractivity contribution in [1.29, 1.82) is 0 Å². The SMILES string of the molecule is COC1CCC1OCc1ccccc1F. The third kappa shape index (κ3) is 2.36. The van der Waals surface area contributed by atoms with Crippen LogP contribution >= 0.6 is 0 Å². The first-order chi connectivity index (χ1) is 7.31. The molecular weight excluding hydrogens is 195 g/mol. The van der Waals surface area contributed by atoms with Crippen LogP contribution in [0.25, 0.3) is 0 Å². The Morgan fingerprint density at radius 3 is 2.60 bits per heavy atom. The fourth-order valence-corrected chi connectivity index (χ4v) is 1.71. The van der Waals surface area contributed by atoms with Crippen molar-refractivity contribution in [3.05, 3.63) is 35.6 Å². The molecule has 3 heteroatoms. The summed E-state index contributed by atoms with van der Waals surface area (Å²) < 4.78 is 24.0. The van der Waals surface area contributed by atoms with Gasteiger partial charge in [-0.2, -0.15) is 0 Å². The van der Waals surface area contributed by atoms with Crippen LogP contribution in [0.3, 0.4) is 0 Å². The highest BCUT2D eigenvalue weighted by Gasteiger charge is 2.31. The van der Waals surface area contributed by atoms with Crippen molar-refractivity contribution in [1.82, 2.24) is 0 Å². The van der Waals surface area contributed by atoms with Gasteiger partial charge in [0, 0.05) is 12.7 Å². The summed E-state index contributed by atoms with van der Waals surface area (Å²) in [5.41, 5.74) is 0.610. The normalized spacial score (nSPS) is 24.9. The minimum Gasteiger partial charge on any atom is -0.379 e. The van der Waals surface area contributed by atoms with Crippen molar-refractivity contribution in [3.8, 4) is 0 Å². The summed E-state index contributed by atoms with van der Waals surface area (Å²) in [5.74, 6) is -0.203. The number of methoxy groups -OCH3 is 1. The van der Waals surface area contributed by atoms with Gasteiger partial charge >= 0.3 is 0 Å². The van der Waals surface area contributed by atoms with Crippen molar-refractivity contribution in [2.45, 2.75) is 31.7 Å². The quantitative estimate of drug-likeness (QED) is 0.760. The van der Waals surface area contributed by atoms with Gasteiger partial charge < -0.3 is 9.47 Å². The molecule has 0 radical (unpaired) electrons. The van der Waals surface area contributed by atoms with Gasteiger partial charge in [0.25, 0.3) is 0 Å². The Kier molecular flexibility index (Phi) is 3.34. The molecule has 0 bridgehead atoms. The Hall–Kier alpha value is -0.930. The van der Waals surface area contributed by atoms with Crippen molar-refractivity contribution < 1.29 is 13.9 Å². The van der Waals surface area contributed by atoms with Gasteiger partial charge in [0.1, 0.15) is 5.82 Å². The summed E-state index contributed by atoms with van der Waals surface area (Å²) in [6.07, 6.45) is 2.37. The topological polar surface area (TPSA) is 18.5 Å². The predicted molar refractivity (Wildman–Crippen MR) is 55.0 cm³/mol. The van der Waals surface area contributed by atoms with Crippen LogP contribution in [-0.2, 0) is 16.1 Å². The van der Waals surface area contributed by atoms with Gasteiger partial charge in [0.05, 0.1) is 18.8 Å². The second kappa shape index (κ2) is 4.73. The second-order valence-corrected chi connectivity index (χ2v) is 3.79. The van der Waals surface area contributed by atoms with Gasteiger partial charge in [0.15, 0.2) is 0 Å². The lowest BCUT2D eigenvalue weighted by Gasteiger charge is -2.35. The molecule has 1 aliphatic carbocycles. The molecule has 0 amide bonds. The lowest BCUT2D eigenvalue weighted by molar-refractivity contribution is -0.119. The summed E-state index contributed by atoms with van der Waals surface area (Å²) in [6, 6.07) is 6.69. The Labute approximate surface area is 89.0 Å². The van der Waals surface area contributed by atoms with Gasteiger partial charge in [0.2, 0.25) is 0 Å². The highest BCUT2D eigenvalue weighted by Crippen LogP contribution is 2.26. The van der Waals surface area contributed by atoms with Crippen molar-refractivity contribution in [2.75, 3.05) is 7.11 Å². The number of benzene rings is 1. The van der Waals surface area contributed by atoms with Crippen LogP contribution in [-0.4, -0.2) is 19.3 Å². The molecule has 2 nitrogen and oxygen atoms in total. The molecule has 1 aromatic carbocycles. The molecular formula is C12H15FO2. The lowest BCUT2D eigenvalue weighted by atomic mass is 9.92. The smallest absolute Gasteiger partial charge is 0.128 e. The van der Waals surface area contributed by atoms with Crippen LogP contribution in [0.5, 0.6) is 0 Å². The first kappa shape index (κ1) is 10.6. The maximum atomic E-state index is 13.2. The Morgan fingerprint density at radius 1 is 1.27 bits per heavy atom. The van der Waals surface area contributed by atoms with Gasteiger partial charge in [-0.15, -0.1) is 0 Å². The molecule has 2 atom stereocenters. The monoisotopic (exact) mass is 210 g/mol. The zero-order valence-corrected chi connectivity index (χ0v) is 8.78. The largest absolute Gasteiger partial charge is 0.379 e. The predicted octanol–water partition coefficient (Wildman–Crippen LogP) is 2.52. The van der Waals surface area contributed by atoms with Crippen molar-refractivity contribution >= 4 is 0 Å². The summed E-state index contributed by atoms with van der Waals surface area (Å²) in [5, 5.41) is 0. The highest BCUT2D eigenvalue weighted by atomic mass is 19.1. The molecule has 1 aliphatic rings. The fraction of sp³-hybridized carbons (Fsp3) is 0.500. The van der Waals surface area contributed by atoms with Crippen LogP contribution in [0.15, 0.2) is 24.3 Å². The van der Waals surface area contributed by atoms with Crippen LogP contribution < -0.4 is 0 Å². The molecule has 0 aromatic heterocycles. The lowest BCUT2D eigenvalue weighted by Crippen LogP contribution is -2.40. The number of ether oxygens (including phenoxy) is 2. The van der Waals surface area contributed by atoms with E-state index < -0.39 is 0 Å². The van der Waals surface area contributed by atoms with Crippen LogP contribution in [0, 0.1) is 5.82 Å². The number of halogens is 1. The van der Waals surface area contributed by atoms with Crippen LogP contribution in [0.1, 0.15) is 18.4 Å². The van der Waals surface area contributed by atoms with E-state index in [1.165, 1.54) is 6.07 Å². The molecule has 2 rings (SSSR count). The van der Waals surface area contributed by atoms with Crippen molar-refractivity contribution in [2.24, 2.45) is 0 Å². The Balaban J connectivity index is 1.86. The van der Waals surface area contributed by atoms with E-state index in [2.05, 4.69) is 0 Å². The molecule has 1 aromatic rings. The van der Waals surface area contributed by atoms with Crippen molar-refractivity contribution in [3.63, 3.8) is 0 Å². The zero-order valence-electron chi connectivity index (χ0n) is 8.78. The van der Waals surface area contributed by atoms with Crippen LogP contribution in [0.4, 0.5) is 4.39 Å². The molecule has 0 N–H and O–H groups in total. The summed E-state index contributed by atoms with van der Waals surface area (Å²) in [7, 11) is 1.68. The van der Waals surface area contributed by atoms with Gasteiger partial charge in [-0.25, -0.2) is 4.39 Å². The molecule has 2 unspecified atom stereocenters. The van der Waals surface area contributed by atoms with E-state index in [1.807, 2.05) is 6.07 Å². The van der Waals surface area contributed by atoms with Gasteiger partial charge in [-0.05, 0) is 18.9 Å². The number of hydrogen-bond acceptors (Lipinski definition) is 2. The van der Waals surface area contributed by atoms with Gasteiger partial charge in [-0.1, -0.05) is 18.2 Å². The maximum Gasteiger partial charge on any atom is 0.128 e. The Bertz CT molecular complexity index is 325. The molecule has 0 saturated heterocycles. The van der Waals surface area contributed by atoms with E-state index in [9.17, 15) is 4.39 Å².